The molecule has 0 spiro atoms. The number of aliphatic hydroxyl groups excluding tert-OH is 1. The Hall–Kier alpha value is -1.03. The van der Waals surface area contributed by atoms with Crippen LogP contribution in [0.25, 0.3) is 5.69 Å². The molecule has 3 nitrogen and oxygen atoms in total. The monoisotopic (exact) mass is 310 g/mol. The first-order chi connectivity index (χ1) is 9.70. The van der Waals surface area contributed by atoms with Crippen molar-refractivity contribution in [3.8, 4) is 5.69 Å². The van der Waals surface area contributed by atoms with E-state index in [1.54, 1.807) is 4.68 Å². The van der Waals surface area contributed by atoms with E-state index in [1.165, 1.54) is 12.8 Å². The van der Waals surface area contributed by atoms with Crippen molar-refractivity contribution in [1.29, 1.82) is 0 Å². The number of aromatic nitrogens is 2. The predicted molar refractivity (Wildman–Crippen MR) is 80.7 cm³/mol. The summed E-state index contributed by atoms with van der Waals surface area (Å²) >= 11 is 12.4. The fraction of sp³-hybridized carbons (Fsp3) is 0.400. The van der Waals surface area contributed by atoms with Gasteiger partial charge >= 0.3 is 0 Å². The minimum absolute atomic E-state index is 0.0781. The Labute approximate surface area is 128 Å². The minimum atomic E-state index is -0.0781. The van der Waals surface area contributed by atoms with Gasteiger partial charge in [-0.3, -0.25) is 0 Å². The molecule has 0 bridgehead atoms. The molecule has 1 saturated carbocycles. The van der Waals surface area contributed by atoms with E-state index in [1.807, 2.05) is 24.3 Å². The number of nitrogens with zero attached hydrogens (tertiary/aromatic N) is 2. The number of halogens is 2. The summed E-state index contributed by atoms with van der Waals surface area (Å²) in [5.74, 6) is 0.412. The van der Waals surface area contributed by atoms with Crippen LogP contribution < -0.4 is 0 Å². The molecular weight excluding hydrogens is 295 g/mol. The maximum atomic E-state index is 9.61. The molecule has 0 radical (unpaired) electrons. The molecule has 1 aliphatic carbocycles. The highest BCUT2D eigenvalue weighted by molar-refractivity contribution is 6.31. The molecule has 1 aliphatic rings. The largest absolute Gasteiger partial charge is 0.391 e. The Balaban J connectivity index is 2.08. The van der Waals surface area contributed by atoms with Gasteiger partial charge in [0, 0.05) is 16.5 Å². The first-order valence-corrected chi connectivity index (χ1v) is 7.60. The van der Waals surface area contributed by atoms with Gasteiger partial charge in [0.1, 0.15) is 5.15 Å². The van der Waals surface area contributed by atoms with Crippen LogP contribution in [0.1, 0.15) is 42.9 Å². The van der Waals surface area contributed by atoms with Crippen LogP contribution >= 0.6 is 23.2 Å². The lowest BCUT2D eigenvalue weighted by atomic mass is 10.0. The lowest BCUT2D eigenvalue weighted by Crippen LogP contribution is -2.00. The van der Waals surface area contributed by atoms with Gasteiger partial charge in [0.2, 0.25) is 0 Å². The Morgan fingerprint density at radius 1 is 1.25 bits per heavy atom. The summed E-state index contributed by atoms with van der Waals surface area (Å²) in [6.45, 7) is -0.0781. The van der Waals surface area contributed by atoms with E-state index in [2.05, 4.69) is 5.10 Å². The fourth-order valence-corrected chi connectivity index (χ4v) is 3.37. The summed E-state index contributed by atoms with van der Waals surface area (Å²) in [7, 11) is 0. The van der Waals surface area contributed by atoms with E-state index in [0.29, 0.717) is 16.1 Å². The summed E-state index contributed by atoms with van der Waals surface area (Å²) in [4.78, 5) is 0. The summed E-state index contributed by atoms with van der Waals surface area (Å²) in [6.07, 6.45) is 4.68. The zero-order chi connectivity index (χ0) is 14.1. The predicted octanol–water partition coefficient (Wildman–Crippen LogP) is 4.33. The molecule has 0 aliphatic heterocycles. The van der Waals surface area contributed by atoms with E-state index < -0.39 is 0 Å². The van der Waals surface area contributed by atoms with Crippen LogP contribution in [0.2, 0.25) is 10.2 Å². The Morgan fingerprint density at radius 3 is 2.65 bits per heavy atom. The van der Waals surface area contributed by atoms with Gasteiger partial charge in [-0.05, 0) is 31.0 Å². The fourth-order valence-electron chi connectivity index (χ4n) is 2.90. The molecule has 0 atom stereocenters. The van der Waals surface area contributed by atoms with E-state index >= 15 is 0 Å². The average molecular weight is 311 g/mol. The summed E-state index contributed by atoms with van der Waals surface area (Å²) in [5, 5.41) is 15.4. The van der Waals surface area contributed by atoms with Gasteiger partial charge in [-0.1, -0.05) is 42.1 Å². The third kappa shape index (κ3) is 2.46. The molecule has 1 fully saturated rings. The molecule has 0 amide bonds. The van der Waals surface area contributed by atoms with E-state index in [-0.39, 0.29) is 6.61 Å². The van der Waals surface area contributed by atoms with Gasteiger partial charge in [0.15, 0.2) is 0 Å². The van der Waals surface area contributed by atoms with Crippen molar-refractivity contribution in [1.82, 2.24) is 9.78 Å². The Kier molecular flexibility index (Phi) is 4.01. The third-order valence-electron chi connectivity index (χ3n) is 3.90. The highest BCUT2D eigenvalue weighted by Crippen LogP contribution is 2.38. The molecule has 0 saturated heterocycles. The summed E-state index contributed by atoms with van der Waals surface area (Å²) in [6, 6.07) is 7.40. The van der Waals surface area contributed by atoms with Crippen LogP contribution in [0.5, 0.6) is 0 Å². The molecular formula is C15H16Cl2N2O. The molecule has 106 valence electrons. The molecule has 1 aromatic carbocycles. The lowest BCUT2D eigenvalue weighted by Gasteiger charge is -2.06. The van der Waals surface area contributed by atoms with Gasteiger partial charge in [-0.25, -0.2) is 4.68 Å². The molecule has 0 unspecified atom stereocenters. The molecule has 20 heavy (non-hydrogen) atoms. The van der Waals surface area contributed by atoms with Crippen molar-refractivity contribution in [2.45, 2.75) is 38.2 Å². The second-order valence-electron chi connectivity index (χ2n) is 5.19. The van der Waals surface area contributed by atoms with Gasteiger partial charge in [0.05, 0.1) is 18.0 Å². The first kappa shape index (κ1) is 13.9. The quantitative estimate of drug-likeness (QED) is 0.916. The van der Waals surface area contributed by atoms with Crippen molar-refractivity contribution >= 4 is 23.2 Å². The number of hydrogen-bond donors (Lipinski definition) is 1. The summed E-state index contributed by atoms with van der Waals surface area (Å²) < 4.78 is 1.67. The maximum Gasteiger partial charge on any atom is 0.138 e. The van der Waals surface area contributed by atoms with Gasteiger partial charge < -0.3 is 5.11 Å². The minimum Gasteiger partial charge on any atom is -0.391 e. The van der Waals surface area contributed by atoms with Crippen LogP contribution in [0.15, 0.2) is 24.3 Å². The normalized spacial score (nSPS) is 15.9. The standard InChI is InChI=1S/C15H16Cl2N2O/c16-11-6-3-7-12(8-11)19-15(17)13(9-20)14(18-19)10-4-1-2-5-10/h3,6-8,10,20H,1-2,4-5,9H2. The van der Waals surface area contributed by atoms with E-state index in [4.69, 9.17) is 23.2 Å². The molecule has 1 heterocycles. The zero-order valence-corrected chi connectivity index (χ0v) is 12.5. The Morgan fingerprint density at radius 2 is 2.00 bits per heavy atom. The number of hydrogen-bond acceptors (Lipinski definition) is 2. The van der Waals surface area contributed by atoms with Crippen LogP contribution in [-0.4, -0.2) is 14.9 Å². The number of rotatable bonds is 3. The second kappa shape index (κ2) is 5.76. The molecule has 1 N–H and O–H groups in total. The Bertz CT molecular complexity index is 618. The van der Waals surface area contributed by atoms with Gasteiger partial charge in [-0.15, -0.1) is 0 Å². The van der Waals surface area contributed by atoms with E-state index in [9.17, 15) is 5.11 Å². The van der Waals surface area contributed by atoms with Crippen LogP contribution in [-0.2, 0) is 6.61 Å². The molecule has 3 rings (SSSR count). The topological polar surface area (TPSA) is 38.1 Å². The number of benzene rings is 1. The average Bonchev–Trinajstić information content (AvgIpc) is 3.05. The van der Waals surface area contributed by atoms with E-state index in [0.717, 1.165) is 29.8 Å². The SMILES string of the molecule is OCc1c(C2CCCC2)nn(-c2cccc(Cl)c2)c1Cl. The van der Waals surface area contributed by atoms with Crippen LogP contribution in [0.4, 0.5) is 0 Å². The molecule has 1 aromatic heterocycles. The lowest BCUT2D eigenvalue weighted by molar-refractivity contribution is 0.280. The van der Waals surface area contributed by atoms with Crippen molar-refractivity contribution in [3.63, 3.8) is 0 Å². The first-order valence-electron chi connectivity index (χ1n) is 6.85. The zero-order valence-electron chi connectivity index (χ0n) is 11.0. The highest BCUT2D eigenvalue weighted by atomic mass is 35.5. The molecule has 5 heteroatoms. The number of aliphatic hydroxyl groups is 1. The molecule has 2 aromatic rings. The highest BCUT2D eigenvalue weighted by Gasteiger charge is 2.26. The smallest absolute Gasteiger partial charge is 0.138 e. The van der Waals surface area contributed by atoms with Gasteiger partial charge in [0.25, 0.3) is 0 Å². The van der Waals surface area contributed by atoms with Crippen LogP contribution in [0, 0.1) is 0 Å². The van der Waals surface area contributed by atoms with Crippen LogP contribution in [0.3, 0.4) is 0 Å². The maximum absolute atomic E-state index is 9.61. The van der Waals surface area contributed by atoms with Crippen molar-refractivity contribution in [2.75, 3.05) is 0 Å². The second-order valence-corrected chi connectivity index (χ2v) is 5.98. The van der Waals surface area contributed by atoms with Gasteiger partial charge in [-0.2, -0.15) is 5.10 Å². The third-order valence-corrected chi connectivity index (χ3v) is 4.53. The van der Waals surface area contributed by atoms with Crippen molar-refractivity contribution < 1.29 is 5.11 Å². The van der Waals surface area contributed by atoms with Crippen molar-refractivity contribution in [3.05, 3.63) is 45.7 Å². The summed E-state index contributed by atoms with van der Waals surface area (Å²) in [5.41, 5.74) is 2.51. The van der Waals surface area contributed by atoms with Crippen molar-refractivity contribution in [2.24, 2.45) is 0 Å².